The van der Waals surface area contributed by atoms with Gasteiger partial charge in [-0.15, -0.1) is 0 Å². The molecule has 0 saturated heterocycles. The molecule has 8 amide bonds. The standard InChI is InChI=1S/C96H114N8O18/c1-89(2,3)115-81(105)97(65-31-35-67(36-32-65)99(83(107)117-91(7,8)9)69-39-43-71(44-40-69)101(85(109)119-93(13,14)15)73-47-51-75(52-48-73)103(87(111)121-95(19,20)21)77-55-59-79(113-25)60-56-77)63-27-29-64(30-28-63)98(82(106)116-90(4,5)6)66-33-37-68(38-34-66)100(84(108)118-92(10,11)12)70-41-45-72(46-42-70)102(86(110)120-94(16,17)18)74-49-53-76(54-50-74)104(88(112)122-96(22,23)24)78-57-61-80(114-26)62-58-78/h27-62H,1-26H3. The maximum Gasteiger partial charge on any atom is 0.419 e. The number of carbonyl (C=O) groups is 8. The Morgan fingerprint density at radius 3 is 0.295 bits per heavy atom. The number of benzene rings is 9. The summed E-state index contributed by atoms with van der Waals surface area (Å²) in [5, 5.41) is 0. The molecule has 0 heterocycles. The predicted octanol–water partition coefficient (Wildman–Crippen LogP) is 26.3. The third kappa shape index (κ3) is 25.4. The van der Waals surface area contributed by atoms with Crippen LogP contribution in [-0.2, 0) is 37.9 Å². The minimum Gasteiger partial charge on any atom is -0.497 e. The van der Waals surface area contributed by atoms with Gasteiger partial charge in [0.2, 0.25) is 0 Å². The Balaban J connectivity index is 1.04. The molecule has 0 aliphatic heterocycles. The summed E-state index contributed by atoms with van der Waals surface area (Å²) in [6, 6.07) is 60.3. The van der Waals surface area contributed by atoms with Gasteiger partial charge < -0.3 is 47.4 Å². The van der Waals surface area contributed by atoms with E-state index in [0.29, 0.717) is 102 Å². The van der Waals surface area contributed by atoms with Gasteiger partial charge in [0.15, 0.2) is 0 Å². The minimum atomic E-state index is -0.978. The molecule has 0 fully saturated rings. The molecule has 646 valence electrons. The lowest BCUT2D eigenvalue weighted by Gasteiger charge is -2.31. The molecule has 0 spiro atoms. The quantitative estimate of drug-likeness (QED) is 0.0723. The van der Waals surface area contributed by atoms with Gasteiger partial charge in [0.05, 0.1) is 105 Å². The minimum absolute atomic E-state index is 0.315. The van der Waals surface area contributed by atoms with Crippen LogP contribution >= 0.6 is 0 Å². The van der Waals surface area contributed by atoms with Crippen molar-refractivity contribution >= 4 is 140 Å². The zero-order chi connectivity index (χ0) is 90.2. The van der Waals surface area contributed by atoms with Crippen LogP contribution in [0.15, 0.2) is 218 Å². The maximum absolute atomic E-state index is 14.7. The highest BCUT2D eigenvalue weighted by Gasteiger charge is 2.36. The van der Waals surface area contributed by atoms with Gasteiger partial charge in [-0.1, -0.05) is 0 Å². The molecule has 26 nitrogen and oxygen atoms in total. The van der Waals surface area contributed by atoms with Gasteiger partial charge in [-0.2, -0.15) is 0 Å². The van der Waals surface area contributed by atoms with Crippen molar-refractivity contribution in [2.45, 2.75) is 211 Å². The molecule has 122 heavy (non-hydrogen) atoms. The van der Waals surface area contributed by atoms with E-state index in [-0.39, 0.29) is 0 Å². The number of hydrogen-bond acceptors (Lipinski definition) is 18. The Kier molecular flexibility index (Phi) is 27.9. The predicted molar refractivity (Wildman–Crippen MR) is 478 cm³/mol. The van der Waals surface area contributed by atoms with Crippen molar-refractivity contribution < 1.29 is 85.7 Å². The fourth-order valence-corrected chi connectivity index (χ4v) is 12.1. The highest BCUT2D eigenvalue weighted by molar-refractivity contribution is 6.05. The molecule has 0 saturated carbocycles. The van der Waals surface area contributed by atoms with E-state index in [1.54, 1.807) is 399 Å². The van der Waals surface area contributed by atoms with Crippen molar-refractivity contribution in [1.82, 2.24) is 0 Å². The molecule has 9 aromatic carbocycles. The van der Waals surface area contributed by atoms with Gasteiger partial charge in [0, 0.05) is 0 Å². The smallest absolute Gasteiger partial charge is 0.419 e. The SMILES string of the molecule is COc1ccc(N(C(=O)OC(C)(C)C)c2ccc(N(C(=O)OC(C)(C)C)c3ccc(N(C(=O)OC(C)(C)C)c4ccc(N(C(=O)OC(C)(C)C)c5ccc(N(C(=O)OC(C)(C)C)c6ccc(N(C(=O)OC(C)(C)C)c7ccc(N(C(=O)OC(C)(C)C)c8ccc(N(C(=O)OC(C)(C)C)c9ccc(OC)cc9)cc8)cc7)cc6)cc5)cc4)cc3)cc2)cc1. The molecule has 26 heteroatoms. The van der Waals surface area contributed by atoms with Gasteiger partial charge in [0.1, 0.15) is 56.3 Å². The summed E-state index contributed by atoms with van der Waals surface area (Å²) in [6.07, 6.45) is -5.71. The zero-order valence-corrected chi connectivity index (χ0v) is 74.7. The molecule has 0 radical (unpaired) electrons. The first-order valence-corrected chi connectivity index (χ1v) is 39.9. The largest absolute Gasteiger partial charge is 0.497 e. The van der Waals surface area contributed by atoms with E-state index in [1.165, 1.54) is 39.2 Å². The van der Waals surface area contributed by atoms with Crippen molar-refractivity contribution in [3.8, 4) is 11.5 Å². The summed E-state index contributed by atoms with van der Waals surface area (Å²) in [5.74, 6) is 1.18. The Morgan fingerprint density at radius 1 is 0.156 bits per heavy atom. The van der Waals surface area contributed by atoms with Crippen LogP contribution in [0.3, 0.4) is 0 Å². The second kappa shape index (κ2) is 36.8. The van der Waals surface area contributed by atoms with Crippen LogP contribution in [0.25, 0.3) is 0 Å². The zero-order valence-electron chi connectivity index (χ0n) is 74.7. The first-order chi connectivity index (χ1) is 56.6. The average molecular weight is 1670 g/mol. The molecule has 0 N–H and O–H groups in total. The van der Waals surface area contributed by atoms with Crippen LogP contribution in [0.1, 0.15) is 166 Å². The molecule has 0 aliphatic carbocycles. The van der Waals surface area contributed by atoms with Crippen LogP contribution < -0.4 is 48.7 Å². The molecular formula is C96H114N8O18. The Labute approximate surface area is 716 Å². The number of nitrogens with zero attached hydrogens (tertiary/aromatic N) is 8. The lowest BCUT2D eigenvalue weighted by Crippen LogP contribution is -2.35. The fraction of sp³-hybridized carbons (Fsp3) is 0.354. The van der Waals surface area contributed by atoms with Crippen molar-refractivity contribution in [1.29, 1.82) is 0 Å². The second-order valence-electron chi connectivity index (χ2n) is 36.5. The topological polar surface area (TPSA) is 255 Å². The first-order valence-electron chi connectivity index (χ1n) is 39.9. The molecule has 0 unspecified atom stereocenters. The maximum atomic E-state index is 14.7. The average Bonchev–Trinajstić information content (AvgIpc) is 0.790. The summed E-state index contributed by atoms with van der Waals surface area (Å²) in [5.41, 5.74) is -1.43. The summed E-state index contributed by atoms with van der Waals surface area (Å²) < 4.78 is 58.6. The van der Waals surface area contributed by atoms with Crippen LogP contribution in [0.5, 0.6) is 11.5 Å². The molecule has 0 atom stereocenters. The monoisotopic (exact) mass is 1670 g/mol. The van der Waals surface area contributed by atoms with Gasteiger partial charge in [-0.05, 0) is 385 Å². The summed E-state index contributed by atoms with van der Waals surface area (Å²) in [7, 11) is 3.10. The lowest BCUT2D eigenvalue weighted by atomic mass is 10.1. The van der Waals surface area contributed by atoms with E-state index in [0.717, 1.165) is 0 Å². The first kappa shape index (κ1) is 92.6. The summed E-state index contributed by atoms with van der Waals surface area (Å²) in [4.78, 5) is 126. The fourth-order valence-electron chi connectivity index (χ4n) is 12.1. The Morgan fingerprint density at radius 2 is 0.230 bits per heavy atom. The third-order valence-corrected chi connectivity index (χ3v) is 16.8. The van der Waals surface area contributed by atoms with Gasteiger partial charge >= 0.3 is 48.7 Å². The van der Waals surface area contributed by atoms with Crippen LogP contribution in [0.4, 0.5) is 129 Å². The molecular weight excluding hydrogens is 1550 g/mol. The Bertz CT molecular complexity index is 4820. The molecule has 0 aromatic heterocycles. The van der Waals surface area contributed by atoms with E-state index >= 15 is 0 Å². The number of rotatable bonds is 18. The van der Waals surface area contributed by atoms with E-state index in [9.17, 15) is 38.4 Å². The third-order valence-electron chi connectivity index (χ3n) is 16.8. The van der Waals surface area contributed by atoms with Crippen LogP contribution in [0, 0.1) is 0 Å². The van der Waals surface area contributed by atoms with E-state index in [1.807, 2.05) is 0 Å². The van der Waals surface area contributed by atoms with Crippen molar-refractivity contribution in [3.63, 3.8) is 0 Å². The Hall–Kier alpha value is -13.3. The summed E-state index contributed by atoms with van der Waals surface area (Å²) >= 11 is 0. The van der Waals surface area contributed by atoms with E-state index in [2.05, 4.69) is 0 Å². The normalized spacial score (nSPS) is 12.0. The van der Waals surface area contributed by atoms with Gasteiger partial charge in [0.25, 0.3) is 0 Å². The van der Waals surface area contributed by atoms with E-state index in [4.69, 9.17) is 47.4 Å². The van der Waals surface area contributed by atoms with Crippen molar-refractivity contribution in [3.05, 3.63) is 218 Å². The number of ether oxygens (including phenoxy) is 10. The lowest BCUT2D eigenvalue weighted by molar-refractivity contribution is 0.0586. The van der Waals surface area contributed by atoms with E-state index < -0.39 is 93.6 Å². The molecule has 0 bridgehead atoms. The van der Waals surface area contributed by atoms with Crippen LogP contribution in [-0.4, -0.2) is 108 Å². The number of carbonyl (C=O) groups excluding carboxylic acids is 8. The van der Waals surface area contributed by atoms with Gasteiger partial charge in [-0.25, -0.2) is 77.6 Å². The second-order valence-corrected chi connectivity index (χ2v) is 36.5. The molecule has 9 rings (SSSR count). The number of anilines is 16. The number of amides is 8. The molecule has 9 aromatic rings. The number of hydrogen-bond donors (Lipinski definition) is 0. The molecule has 0 aliphatic rings. The van der Waals surface area contributed by atoms with Crippen molar-refractivity contribution in [2.24, 2.45) is 0 Å². The summed E-state index contributed by atoms with van der Waals surface area (Å²) in [6.45, 7) is 42.0. The highest BCUT2D eigenvalue weighted by Crippen LogP contribution is 2.43. The van der Waals surface area contributed by atoms with Gasteiger partial charge in [-0.3, -0.25) is 0 Å². The van der Waals surface area contributed by atoms with Crippen LogP contribution in [0.2, 0.25) is 0 Å². The number of methoxy groups -OCH3 is 2. The van der Waals surface area contributed by atoms with Crippen molar-refractivity contribution in [2.75, 3.05) is 53.4 Å². The highest BCUT2D eigenvalue weighted by atomic mass is 16.6.